The van der Waals surface area contributed by atoms with E-state index >= 15 is 0 Å². The van der Waals surface area contributed by atoms with Crippen LogP contribution >= 0.6 is 0 Å². The molecule has 0 fully saturated rings. The molecule has 1 aromatic rings. The quantitative estimate of drug-likeness (QED) is 0.330. The van der Waals surface area contributed by atoms with Crippen LogP contribution in [0.5, 0.6) is 5.88 Å². The van der Waals surface area contributed by atoms with Crippen LogP contribution in [0.4, 0.5) is 0 Å². The molecule has 152 valence electrons. The van der Waals surface area contributed by atoms with Crippen molar-refractivity contribution in [2.24, 2.45) is 0 Å². The Morgan fingerprint density at radius 3 is 1.88 bits per heavy atom. The first kappa shape index (κ1) is 25.2. The van der Waals surface area contributed by atoms with E-state index in [-0.39, 0.29) is 12.4 Å². The van der Waals surface area contributed by atoms with Crippen LogP contribution in [0.25, 0.3) is 0 Å². The Hall–Kier alpha value is -0.800. The van der Waals surface area contributed by atoms with E-state index in [0.717, 1.165) is 26.2 Å². The van der Waals surface area contributed by atoms with Gasteiger partial charge in [-0.2, -0.15) is 4.57 Å². The van der Waals surface area contributed by atoms with Crippen molar-refractivity contribution >= 4 is 0 Å². The first-order valence-electron chi connectivity index (χ1n) is 10.6. The molecule has 0 aliphatic rings. The summed E-state index contributed by atoms with van der Waals surface area (Å²) in [5.74, 6) is 0.323. The van der Waals surface area contributed by atoms with Crippen molar-refractivity contribution in [1.29, 1.82) is 0 Å². The Morgan fingerprint density at radius 2 is 1.31 bits per heavy atom. The normalized spacial score (nSPS) is 10.7. The molecule has 0 saturated heterocycles. The number of halogens is 1. The van der Waals surface area contributed by atoms with Crippen molar-refractivity contribution in [3.63, 3.8) is 0 Å². The molecule has 0 atom stereocenters. The number of pyridine rings is 1. The highest BCUT2D eigenvalue weighted by Crippen LogP contribution is 2.11. The lowest BCUT2D eigenvalue weighted by Crippen LogP contribution is -3.00. The minimum Gasteiger partial charge on any atom is -1.00 e. The van der Waals surface area contributed by atoms with Gasteiger partial charge in [0.1, 0.15) is 0 Å². The Morgan fingerprint density at radius 1 is 0.769 bits per heavy atom. The summed E-state index contributed by atoms with van der Waals surface area (Å²) in [6.45, 7) is 4.74. The van der Waals surface area contributed by atoms with Gasteiger partial charge in [-0.05, 0) is 12.5 Å². The van der Waals surface area contributed by atoms with Crippen molar-refractivity contribution in [2.45, 2.75) is 96.9 Å². The minimum absolute atomic E-state index is 0. The summed E-state index contributed by atoms with van der Waals surface area (Å²) in [7, 11) is 0. The maximum atomic E-state index is 9.66. The van der Waals surface area contributed by atoms with Crippen LogP contribution in [0.1, 0.15) is 90.4 Å². The molecule has 0 amide bonds. The standard InChI is InChI=1S/C22H39NO2.ClH/c1-2-3-4-5-6-7-8-9-10-11-12-15-20-25-21-16-19-23-18-14-13-17-22(23)24;/h13-14,17-18H,2-12,15-16,19-21H2,1H3;1H. The Kier molecular flexibility index (Phi) is 18.4. The number of hydrogen-bond acceptors (Lipinski definition) is 2. The van der Waals surface area contributed by atoms with Crippen molar-refractivity contribution in [1.82, 2.24) is 0 Å². The van der Waals surface area contributed by atoms with E-state index in [1.165, 1.54) is 77.0 Å². The molecule has 0 bridgehead atoms. The van der Waals surface area contributed by atoms with Crippen molar-refractivity contribution in [2.75, 3.05) is 13.2 Å². The van der Waals surface area contributed by atoms with Crippen LogP contribution in [0, 0.1) is 0 Å². The second-order valence-electron chi connectivity index (χ2n) is 7.11. The second-order valence-corrected chi connectivity index (χ2v) is 7.11. The number of nitrogens with zero attached hydrogens (tertiary/aromatic N) is 1. The number of ether oxygens (including phenoxy) is 1. The Balaban J connectivity index is 0.00000625. The summed E-state index contributed by atoms with van der Waals surface area (Å²) in [6.07, 6.45) is 19.4. The summed E-state index contributed by atoms with van der Waals surface area (Å²) in [4.78, 5) is 0. The van der Waals surface area contributed by atoms with Crippen LogP contribution in [-0.2, 0) is 11.3 Å². The molecule has 0 spiro atoms. The fraction of sp³-hybridized carbons (Fsp3) is 0.773. The van der Waals surface area contributed by atoms with Gasteiger partial charge in [0.25, 0.3) is 0 Å². The first-order valence-corrected chi connectivity index (χ1v) is 10.6. The van der Waals surface area contributed by atoms with Crippen molar-refractivity contribution in [3.05, 3.63) is 24.4 Å². The van der Waals surface area contributed by atoms with E-state index in [2.05, 4.69) is 6.92 Å². The highest BCUT2D eigenvalue weighted by molar-refractivity contribution is 4.99. The molecule has 0 saturated carbocycles. The number of aromatic hydroxyl groups is 1. The highest BCUT2D eigenvalue weighted by atomic mass is 35.5. The topological polar surface area (TPSA) is 33.3 Å². The van der Waals surface area contributed by atoms with Crippen molar-refractivity contribution in [3.8, 4) is 5.88 Å². The van der Waals surface area contributed by atoms with Crippen molar-refractivity contribution < 1.29 is 26.8 Å². The van der Waals surface area contributed by atoms with Crippen LogP contribution < -0.4 is 17.0 Å². The molecule has 3 nitrogen and oxygen atoms in total. The molecule has 1 aromatic heterocycles. The van der Waals surface area contributed by atoms with Crippen LogP contribution in [0.15, 0.2) is 24.4 Å². The third kappa shape index (κ3) is 14.4. The van der Waals surface area contributed by atoms with Gasteiger partial charge in [-0.1, -0.05) is 77.6 Å². The molecular formula is C22H40ClNO2. The summed E-state index contributed by atoms with van der Waals surface area (Å²) in [5, 5.41) is 9.66. The number of unbranched alkanes of at least 4 members (excludes halogenated alkanes) is 11. The van der Waals surface area contributed by atoms with Gasteiger partial charge >= 0.3 is 5.88 Å². The van der Waals surface area contributed by atoms with Gasteiger partial charge in [0.05, 0.1) is 12.7 Å². The van der Waals surface area contributed by atoms with Crippen LogP contribution in [0.2, 0.25) is 0 Å². The molecule has 0 unspecified atom stereocenters. The van der Waals surface area contributed by atoms with Gasteiger partial charge in [-0.3, -0.25) is 0 Å². The molecule has 0 radical (unpaired) electrons. The molecule has 26 heavy (non-hydrogen) atoms. The zero-order valence-corrected chi connectivity index (χ0v) is 17.6. The fourth-order valence-electron chi connectivity index (χ4n) is 3.14. The lowest BCUT2D eigenvalue weighted by molar-refractivity contribution is -0.703. The Bertz CT molecular complexity index is 415. The maximum Gasteiger partial charge on any atom is 0.365 e. The number of aryl methyl sites for hydroxylation is 1. The van der Waals surface area contributed by atoms with Crippen LogP contribution in [0.3, 0.4) is 0 Å². The number of aromatic nitrogens is 1. The fourth-order valence-corrected chi connectivity index (χ4v) is 3.14. The SMILES string of the molecule is CCCCCCCCCCCCCCOCCC[n+]1ccccc1O.[Cl-]. The maximum absolute atomic E-state index is 9.66. The molecule has 0 aliphatic carbocycles. The molecule has 0 aromatic carbocycles. The van der Waals surface area contributed by atoms with Gasteiger partial charge in [-0.25, -0.2) is 0 Å². The van der Waals surface area contributed by atoms with Gasteiger partial charge in [0, 0.05) is 19.1 Å². The van der Waals surface area contributed by atoms with E-state index in [9.17, 15) is 5.11 Å². The van der Waals surface area contributed by atoms with Gasteiger partial charge < -0.3 is 22.3 Å². The van der Waals surface area contributed by atoms with Gasteiger partial charge in [-0.15, -0.1) is 0 Å². The smallest absolute Gasteiger partial charge is 0.365 e. The average Bonchev–Trinajstić information content (AvgIpc) is 2.63. The summed E-state index contributed by atoms with van der Waals surface area (Å²) in [6, 6.07) is 5.50. The number of hydrogen-bond donors (Lipinski definition) is 1. The predicted molar refractivity (Wildman–Crippen MR) is 105 cm³/mol. The highest BCUT2D eigenvalue weighted by Gasteiger charge is 2.05. The largest absolute Gasteiger partial charge is 1.00 e. The second kappa shape index (κ2) is 19.0. The third-order valence-corrected chi connectivity index (χ3v) is 4.75. The molecule has 1 heterocycles. The molecule has 0 aliphatic heterocycles. The number of rotatable bonds is 17. The molecule has 1 N–H and O–H groups in total. The monoisotopic (exact) mass is 385 g/mol. The average molecular weight is 386 g/mol. The van der Waals surface area contributed by atoms with E-state index in [0.29, 0.717) is 5.88 Å². The summed E-state index contributed by atoms with van der Waals surface area (Å²) < 4.78 is 7.55. The van der Waals surface area contributed by atoms with Gasteiger partial charge in [0.2, 0.25) is 0 Å². The van der Waals surface area contributed by atoms with E-state index < -0.39 is 0 Å². The predicted octanol–water partition coefficient (Wildman–Crippen LogP) is 2.79. The van der Waals surface area contributed by atoms with Crippen LogP contribution in [-0.4, -0.2) is 18.3 Å². The van der Waals surface area contributed by atoms with E-state index in [4.69, 9.17) is 4.74 Å². The minimum atomic E-state index is 0. The van der Waals surface area contributed by atoms with Gasteiger partial charge in [0.15, 0.2) is 12.7 Å². The lowest BCUT2D eigenvalue weighted by atomic mass is 10.1. The summed E-state index contributed by atoms with van der Waals surface area (Å²) >= 11 is 0. The summed E-state index contributed by atoms with van der Waals surface area (Å²) in [5.41, 5.74) is 0. The lowest BCUT2D eigenvalue weighted by Gasteiger charge is -2.04. The zero-order chi connectivity index (χ0) is 18.0. The molecule has 4 heteroatoms. The zero-order valence-electron chi connectivity index (χ0n) is 16.8. The first-order chi connectivity index (χ1) is 12.3. The molecular weight excluding hydrogens is 346 g/mol. The Labute approximate surface area is 167 Å². The molecule has 1 rings (SSSR count). The van der Waals surface area contributed by atoms with E-state index in [1.807, 2.05) is 22.9 Å². The third-order valence-electron chi connectivity index (χ3n) is 4.75. The van der Waals surface area contributed by atoms with E-state index in [1.54, 1.807) is 6.07 Å².